The van der Waals surface area contributed by atoms with Crippen LogP contribution in [0.4, 0.5) is 0 Å². The highest BCUT2D eigenvalue weighted by Crippen LogP contribution is 2.19. The van der Waals surface area contributed by atoms with Gasteiger partial charge in [0.05, 0.1) is 0 Å². The molecular weight excluding hydrogens is 436 g/mol. The predicted octanol–water partition coefficient (Wildman–Crippen LogP) is 9.32. The Morgan fingerprint density at radius 1 is 0.639 bits per heavy atom. The van der Waals surface area contributed by atoms with Crippen LogP contribution in [0, 0.1) is 6.08 Å². The SMILES string of the molecule is C1=C[C-]=C2CCCCCCCCCCCCN3C=C(C=CC3)CCCCCCCCCCCC[N+]=1C2. The van der Waals surface area contributed by atoms with E-state index in [0.29, 0.717) is 0 Å². The van der Waals surface area contributed by atoms with E-state index in [1.165, 1.54) is 160 Å². The summed E-state index contributed by atoms with van der Waals surface area (Å²) in [5, 5.41) is 0. The van der Waals surface area contributed by atoms with E-state index >= 15 is 0 Å². The monoisotopic (exact) mass is 492 g/mol. The van der Waals surface area contributed by atoms with Crippen molar-refractivity contribution in [2.45, 2.75) is 141 Å². The Hall–Kier alpha value is -1.53. The molecule has 0 fully saturated rings. The molecule has 0 amide bonds. The zero-order valence-corrected chi connectivity index (χ0v) is 23.6. The van der Waals surface area contributed by atoms with Crippen LogP contribution < -0.4 is 0 Å². The molecule has 36 heavy (non-hydrogen) atoms. The van der Waals surface area contributed by atoms with Gasteiger partial charge < -0.3 is 4.90 Å². The first-order chi connectivity index (χ1) is 17.9. The van der Waals surface area contributed by atoms with E-state index in [2.05, 4.69) is 39.8 Å². The zero-order chi connectivity index (χ0) is 24.9. The summed E-state index contributed by atoms with van der Waals surface area (Å²) in [6, 6.07) is 0. The molecule has 2 heteroatoms. The molecule has 2 nitrogen and oxygen atoms in total. The molecule has 0 saturated carbocycles. The standard InChI is InChI=1S/C34H56N2/c1-3-7-11-15-19-27-35-29-22-26-34(32-35)24-18-14-10-6-2-4-8-12-16-20-28-36-30-21-25-33(31-36)23-17-13-9-5-1/h21-22,25,31H,1-20,23-24,27-28,30,32H2. The van der Waals surface area contributed by atoms with Gasteiger partial charge in [0, 0.05) is 25.7 Å². The third-order valence-electron chi connectivity index (χ3n) is 8.24. The highest BCUT2D eigenvalue weighted by molar-refractivity contribution is 5.49. The topological polar surface area (TPSA) is 6.25 Å². The van der Waals surface area contributed by atoms with E-state index in [1.54, 1.807) is 5.57 Å². The maximum absolute atomic E-state index is 3.48. The van der Waals surface area contributed by atoms with Crippen molar-refractivity contribution in [3.05, 3.63) is 41.7 Å². The predicted molar refractivity (Wildman–Crippen MR) is 157 cm³/mol. The lowest BCUT2D eigenvalue weighted by Gasteiger charge is -2.23. The van der Waals surface area contributed by atoms with Gasteiger partial charge in [-0.15, -0.1) is 6.08 Å². The molecule has 202 valence electrons. The van der Waals surface area contributed by atoms with Gasteiger partial charge in [-0.1, -0.05) is 126 Å². The summed E-state index contributed by atoms with van der Waals surface area (Å²) in [6.45, 7) is 4.60. The van der Waals surface area contributed by atoms with Crippen molar-refractivity contribution >= 4 is 5.87 Å². The minimum atomic E-state index is 1.07. The maximum atomic E-state index is 3.48. The van der Waals surface area contributed by atoms with Crippen LogP contribution >= 0.6 is 0 Å². The van der Waals surface area contributed by atoms with Gasteiger partial charge >= 0.3 is 0 Å². The van der Waals surface area contributed by atoms with Crippen LogP contribution in [0.5, 0.6) is 0 Å². The van der Waals surface area contributed by atoms with Crippen molar-refractivity contribution < 1.29 is 4.58 Å². The first-order valence-corrected chi connectivity index (χ1v) is 16.0. The van der Waals surface area contributed by atoms with E-state index in [9.17, 15) is 0 Å². The fourth-order valence-electron chi connectivity index (χ4n) is 5.93. The summed E-state index contributed by atoms with van der Waals surface area (Å²) in [4.78, 5) is 2.56. The molecule has 3 aliphatic rings. The van der Waals surface area contributed by atoms with Crippen LogP contribution in [0.2, 0.25) is 0 Å². The Bertz CT molecular complexity index is 734. The van der Waals surface area contributed by atoms with Crippen LogP contribution in [0.1, 0.15) is 141 Å². The van der Waals surface area contributed by atoms with Gasteiger partial charge in [0.2, 0.25) is 0 Å². The van der Waals surface area contributed by atoms with Crippen molar-refractivity contribution in [2.75, 3.05) is 26.2 Å². The first kappa shape index (κ1) is 29.0. The molecule has 0 radical (unpaired) electrons. The van der Waals surface area contributed by atoms with Crippen molar-refractivity contribution in [2.24, 2.45) is 0 Å². The van der Waals surface area contributed by atoms with Gasteiger partial charge in [-0.2, -0.15) is 0 Å². The highest BCUT2D eigenvalue weighted by atomic mass is 15.1. The van der Waals surface area contributed by atoms with E-state index in [4.69, 9.17) is 0 Å². The van der Waals surface area contributed by atoms with E-state index in [0.717, 1.165) is 13.1 Å². The number of allylic oxidation sites excluding steroid dienone is 4. The Kier molecular flexibility index (Phi) is 15.8. The minimum Gasteiger partial charge on any atom is -0.373 e. The average molecular weight is 493 g/mol. The summed E-state index contributed by atoms with van der Waals surface area (Å²) in [5.41, 5.74) is 3.06. The van der Waals surface area contributed by atoms with Crippen LogP contribution in [0.25, 0.3) is 0 Å². The van der Waals surface area contributed by atoms with Gasteiger partial charge in [-0.3, -0.25) is 4.58 Å². The quantitative estimate of drug-likeness (QED) is 0.241. The van der Waals surface area contributed by atoms with Crippen molar-refractivity contribution in [3.8, 4) is 0 Å². The maximum Gasteiger partial charge on any atom is 0.138 e. The van der Waals surface area contributed by atoms with Gasteiger partial charge in [0.15, 0.2) is 0 Å². The van der Waals surface area contributed by atoms with Crippen molar-refractivity contribution in [1.29, 1.82) is 0 Å². The van der Waals surface area contributed by atoms with Gasteiger partial charge in [0.1, 0.15) is 13.1 Å². The summed E-state index contributed by atoms with van der Waals surface area (Å²) < 4.78 is 2.40. The number of nitrogens with zero attached hydrogens (tertiary/aromatic N) is 2. The largest absolute Gasteiger partial charge is 0.373 e. The van der Waals surface area contributed by atoms with Crippen molar-refractivity contribution in [3.63, 3.8) is 0 Å². The molecule has 0 unspecified atom stereocenters. The van der Waals surface area contributed by atoms with Crippen molar-refractivity contribution in [1.82, 2.24) is 4.90 Å². The molecule has 0 aromatic rings. The second kappa shape index (κ2) is 19.6. The average Bonchev–Trinajstić information content (AvgIpc) is 2.90. The molecule has 0 saturated heterocycles. The van der Waals surface area contributed by atoms with E-state index in [-0.39, 0.29) is 0 Å². The lowest BCUT2D eigenvalue weighted by atomic mass is 10.0. The Morgan fingerprint density at radius 3 is 1.86 bits per heavy atom. The van der Waals surface area contributed by atoms with E-state index in [1.807, 2.05) is 6.08 Å². The first-order valence-electron chi connectivity index (χ1n) is 16.0. The number of hydrogen-bond acceptors (Lipinski definition) is 1. The fraction of sp³-hybridized carbons (Fsp3) is 0.765. The molecule has 0 aliphatic carbocycles. The molecule has 3 rings (SSSR count). The second-order valence-corrected chi connectivity index (χ2v) is 11.6. The summed E-state index contributed by atoms with van der Waals surface area (Å²) >= 11 is 0. The summed E-state index contributed by atoms with van der Waals surface area (Å²) in [6.07, 6.45) is 43.3. The Labute approximate surface area is 224 Å². The summed E-state index contributed by atoms with van der Waals surface area (Å²) in [7, 11) is 0. The third-order valence-corrected chi connectivity index (χ3v) is 8.24. The third kappa shape index (κ3) is 13.7. The molecule has 0 atom stereocenters. The normalized spacial score (nSPS) is 23.8. The fourth-order valence-corrected chi connectivity index (χ4v) is 5.93. The lowest BCUT2D eigenvalue weighted by molar-refractivity contribution is -0.514. The highest BCUT2D eigenvalue weighted by Gasteiger charge is 2.07. The van der Waals surface area contributed by atoms with Crippen LogP contribution in [0.3, 0.4) is 0 Å². The zero-order valence-electron chi connectivity index (χ0n) is 23.6. The molecule has 0 N–H and O–H groups in total. The summed E-state index contributed by atoms with van der Waals surface area (Å²) in [5.74, 6) is 3.41. The molecular formula is C34H56N2. The second-order valence-electron chi connectivity index (χ2n) is 11.6. The Balaban J connectivity index is 1.33. The molecule has 0 aromatic heterocycles. The number of fused-ring (bicyclic) bond motifs is 3. The van der Waals surface area contributed by atoms with Gasteiger partial charge in [-0.25, -0.2) is 6.08 Å². The van der Waals surface area contributed by atoms with Crippen LogP contribution in [-0.2, 0) is 0 Å². The van der Waals surface area contributed by atoms with Crippen LogP contribution in [-0.4, -0.2) is 41.5 Å². The van der Waals surface area contributed by atoms with E-state index < -0.39 is 0 Å². The number of hydrogen-bond donors (Lipinski definition) is 0. The Morgan fingerprint density at radius 2 is 1.19 bits per heavy atom. The lowest BCUT2D eigenvalue weighted by Crippen LogP contribution is -2.21. The molecule has 0 spiro atoms. The van der Waals surface area contributed by atoms with Gasteiger partial charge in [-0.05, 0) is 37.7 Å². The smallest absolute Gasteiger partial charge is 0.138 e. The van der Waals surface area contributed by atoms with Gasteiger partial charge in [0.25, 0.3) is 0 Å². The minimum absolute atomic E-state index is 1.07. The van der Waals surface area contributed by atoms with Crippen LogP contribution in [0.15, 0.2) is 35.6 Å². The molecule has 3 heterocycles. The molecule has 0 aromatic carbocycles. The molecule has 4 bridgehead atoms. The molecule has 3 aliphatic heterocycles. The number of rotatable bonds is 0.